The number of halogens is 1. The van der Waals surface area contributed by atoms with Gasteiger partial charge in [-0.15, -0.1) is 0 Å². The van der Waals surface area contributed by atoms with Gasteiger partial charge in [0.05, 0.1) is 11.2 Å². The molecule has 0 fully saturated rings. The quantitative estimate of drug-likeness (QED) is 0.232. The summed E-state index contributed by atoms with van der Waals surface area (Å²) in [6.07, 6.45) is 7.41. The molecule has 2 aromatic carbocycles. The van der Waals surface area contributed by atoms with Gasteiger partial charge in [-0.2, -0.15) is 0 Å². The molecule has 0 aliphatic heterocycles. The molecule has 0 N–H and O–H groups in total. The molecule has 5 heteroatoms. The second kappa shape index (κ2) is 8.53. The normalized spacial score (nSPS) is 11.0. The van der Waals surface area contributed by atoms with Gasteiger partial charge in [0, 0.05) is 73.0 Å². The molecule has 3 nitrogen and oxygen atoms in total. The van der Waals surface area contributed by atoms with Crippen molar-refractivity contribution in [1.82, 2.24) is 15.0 Å². The summed E-state index contributed by atoms with van der Waals surface area (Å²) in [7, 11) is 1.72. The molecule has 0 saturated heterocycles. The van der Waals surface area contributed by atoms with E-state index in [0.29, 0.717) is 0 Å². The Kier molecular flexibility index (Phi) is 5.46. The van der Waals surface area contributed by atoms with Crippen molar-refractivity contribution >= 4 is 41.0 Å². The topological polar surface area (TPSA) is 38.7 Å². The molecular weight excluding hydrogens is 501 g/mol. The lowest BCUT2D eigenvalue weighted by Gasteiger charge is -2.07. The molecule has 0 atom stereocenters. The van der Waals surface area contributed by atoms with E-state index in [4.69, 9.17) is 4.98 Å². The largest absolute Gasteiger partial charge is 0.264 e. The molecule has 3 heterocycles. The van der Waals surface area contributed by atoms with Crippen LogP contribution >= 0.6 is 30.1 Å². The third-order valence-electron chi connectivity index (χ3n) is 5.02. The Hall–Kier alpha value is -2.77. The summed E-state index contributed by atoms with van der Waals surface area (Å²) < 4.78 is 0. The van der Waals surface area contributed by atoms with Gasteiger partial charge in [-0.05, 0) is 53.6 Å². The minimum absolute atomic E-state index is 0.914. The lowest BCUT2D eigenvalue weighted by Crippen LogP contribution is -1.88. The third kappa shape index (κ3) is 3.95. The molecule has 144 valence electrons. The zero-order valence-electron chi connectivity index (χ0n) is 15.9. The fourth-order valence-electron chi connectivity index (χ4n) is 3.41. The first kappa shape index (κ1) is 19.2. The van der Waals surface area contributed by atoms with Gasteiger partial charge in [-0.25, -0.2) is 0 Å². The van der Waals surface area contributed by atoms with Gasteiger partial charge in [0.25, 0.3) is 0 Å². The lowest BCUT2D eigenvalue weighted by molar-refractivity contribution is 1.28. The van der Waals surface area contributed by atoms with Crippen molar-refractivity contribution in [3.8, 4) is 33.5 Å². The molecular formula is C25H16IN3S. The number of hydrogen-bond acceptors (Lipinski definition) is 4. The van der Waals surface area contributed by atoms with Crippen LogP contribution in [-0.4, -0.2) is 15.0 Å². The monoisotopic (exact) mass is 517 g/mol. The summed E-state index contributed by atoms with van der Waals surface area (Å²) in [5.74, 6) is 0. The summed E-state index contributed by atoms with van der Waals surface area (Å²) in [5, 5.41) is 1.12. The summed E-state index contributed by atoms with van der Waals surface area (Å²) in [6, 6.07) is 25.3. The van der Waals surface area contributed by atoms with Gasteiger partial charge in [-0.1, -0.05) is 39.3 Å². The minimum atomic E-state index is 0.914. The Morgan fingerprint density at radius 2 is 1.43 bits per heavy atom. The van der Waals surface area contributed by atoms with Crippen LogP contribution in [0.1, 0.15) is 0 Å². The van der Waals surface area contributed by atoms with Crippen LogP contribution < -0.4 is 0 Å². The van der Waals surface area contributed by atoms with E-state index in [9.17, 15) is 0 Å². The molecule has 0 aliphatic carbocycles. The van der Waals surface area contributed by atoms with Gasteiger partial charge in [-0.3, -0.25) is 15.0 Å². The SMILES string of the molecule is ISc1ccc(-c2ccc3cc(-c4ccc(-c5cccnc5)nc4)cnc3c2)cc1. The van der Waals surface area contributed by atoms with Gasteiger partial charge in [0.2, 0.25) is 0 Å². The summed E-state index contributed by atoms with van der Waals surface area (Å²) in [5.41, 5.74) is 7.40. The standard InChI is InChI=1S/C25H16IN3S/c26-30-23-8-5-17(6-9-23)18-3-4-19-12-22(16-29-25(19)13-18)20-7-10-24(28-15-20)21-2-1-11-27-14-21/h1-16H. The number of fused-ring (bicyclic) bond motifs is 1. The molecule has 5 aromatic rings. The number of pyridine rings is 3. The number of nitrogens with zero attached hydrogens (tertiary/aromatic N) is 3. The Bertz CT molecular complexity index is 1300. The molecule has 30 heavy (non-hydrogen) atoms. The highest BCUT2D eigenvalue weighted by Crippen LogP contribution is 2.30. The number of hydrogen-bond donors (Lipinski definition) is 0. The van der Waals surface area contributed by atoms with Crippen molar-refractivity contribution in [2.75, 3.05) is 0 Å². The molecule has 0 aliphatic rings. The molecule has 0 unspecified atom stereocenters. The average Bonchev–Trinajstić information content (AvgIpc) is 2.84. The first-order valence-corrected chi connectivity index (χ1v) is 12.8. The summed E-state index contributed by atoms with van der Waals surface area (Å²) in [6.45, 7) is 0. The smallest absolute Gasteiger partial charge is 0.0717 e. The van der Waals surface area contributed by atoms with Crippen LogP contribution in [0, 0.1) is 0 Å². The van der Waals surface area contributed by atoms with Crippen LogP contribution in [0.2, 0.25) is 0 Å². The Balaban J connectivity index is 1.45. The van der Waals surface area contributed by atoms with Crippen molar-refractivity contribution in [3.63, 3.8) is 0 Å². The number of benzene rings is 2. The third-order valence-corrected chi connectivity index (χ3v) is 6.99. The maximum absolute atomic E-state index is 4.71. The van der Waals surface area contributed by atoms with Gasteiger partial charge < -0.3 is 0 Å². The van der Waals surface area contributed by atoms with E-state index in [1.165, 1.54) is 16.0 Å². The minimum Gasteiger partial charge on any atom is -0.264 e. The predicted octanol–water partition coefficient (Wildman–Crippen LogP) is 7.47. The molecule has 0 spiro atoms. The van der Waals surface area contributed by atoms with Crippen molar-refractivity contribution in [3.05, 3.63) is 97.6 Å². The van der Waals surface area contributed by atoms with Crippen LogP contribution in [0.3, 0.4) is 0 Å². The lowest BCUT2D eigenvalue weighted by atomic mass is 10.0. The first-order chi connectivity index (χ1) is 14.8. The first-order valence-electron chi connectivity index (χ1n) is 9.46. The maximum atomic E-state index is 4.71. The summed E-state index contributed by atoms with van der Waals surface area (Å²) >= 11 is 2.30. The van der Waals surface area contributed by atoms with E-state index in [1.54, 1.807) is 15.1 Å². The van der Waals surface area contributed by atoms with Crippen LogP contribution in [-0.2, 0) is 0 Å². The van der Waals surface area contributed by atoms with E-state index in [2.05, 4.69) is 85.8 Å². The van der Waals surface area contributed by atoms with E-state index >= 15 is 0 Å². The molecule has 0 saturated carbocycles. The second-order valence-corrected chi connectivity index (χ2v) is 8.85. The van der Waals surface area contributed by atoms with Crippen molar-refractivity contribution in [2.45, 2.75) is 4.90 Å². The maximum Gasteiger partial charge on any atom is 0.0717 e. The van der Waals surface area contributed by atoms with E-state index in [1.807, 2.05) is 36.8 Å². The van der Waals surface area contributed by atoms with E-state index in [-0.39, 0.29) is 0 Å². The average molecular weight is 517 g/mol. The molecule has 3 aromatic heterocycles. The van der Waals surface area contributed by atoms with E-state index < -0.39 is 0 Å². The van der Waals surface area contributed by atoms with Crippen LogP contribution in [0.25, 0.3) is 44.4 Å². The Labute approximate surface area is 191 Å². The highest BCUT2D eigenvalue weighted by Gasteiger charge is 2.06. The highest BCUT2D eigenvalue weighted by molar-refractivity contribution is 14.2. The zero-order chi connectivity index (χ0) is 20.3. The van der Waals surface area contributed by atoms with Crippen LogP contribution in [0.4, 0.5) is 0 Å². The fourth-order valence-corrected chi connectivity index (χ4v) is 4.53. The highest BCUT2D eigenvalue weighted by atomic mass is 127. The Morgan fingerprint density at radius 1 is 0.633 bits per heavy atom. The zero-order valence-corrected chi connectivity index (χ0v) is 18.8. The number of rotatable bonds is 4. The van der Waals surface area contributed by atoms with Gasteiger partial charge >= 0.3 is 0 Å². The molecule has 0 bridgehead atoms. The van der Waals surface area contributed by atoms with E-state index in [0.717, 1.165) is 33.3 Å². The second-order valence-electron chi connectivity index (χ2n) is 6.91. The van der Waals surface area contributed by atoms with Gasteiger partial charge in [0.1, 0.15) is 0 Å². The number of aromatic nitrogens is 3. The van der Waals surface area contributed by atoms with Crippen molar-refractivity contribution in [1.29, 1.82) is 0 Å². The van der Waals surface area contributed by atoms with Gasteiger partial charge in [0.15, 0.2) is 0 Å². The van der Waals surface area contributed by atoms with Crippen LogP contribution in [0.15, 0.2) is 102 Å². The van der Waals surface area contributed by atoms with Crippen molar-refractivity contribution in [2.24, 2.45) is 0 Å². The van der Waals surface area contributed by atoms with Crippen LogP contribution in [0.5, 0.6) is 0 Å². The predicted molar refractivity (Wildman–Crippen MR) is 134 cm³/mol. The summed E-state index contributed by atoms with van der Waals surface area (Å²) in [4.78, 5) is 14.7. The molecule has 0 amide bonds. The molecule has 5 rings (SSSR count). The molecule has 0 radical (unpaired) electrons. The Morgan fingerprint density at radius 3 is 2.17 bits per heavy atom. The fraction of sp³-hybridized carbons (Fsp3) is 0. The van der Waals surface area contributed by atoms with Crippen molar-refractivity contribution < 1.29 is 0 Å².